The molecule has 0 spiro atoms. The van der Waals surface area contributed by atoms with E-state index in [-0.39, 0.29) is 5.54 Å². The highest BCUT2D eigenvalue weighted by molar-refractivity contribution is 7.15. The van der Waals surface area contributed by atoms with Gasteiger partial charge in [0.2, 0.25) is 0 Å². The number of benzene rings is 3. The molecule has 4 rings (SSSR count). The van der Waals surface area contributed by atoms with Gasteiger partial charge < -0.3 is 14.7 Å². The third-order valence-electron chi connectivity index (χ3n) is 10.00. The molecule has 43 heavy (non-hydrogen) atoms. The zero-order valence-corrected chi connectivity index (χ0v) is 30.9. The van der Waals surface area contributed by atoms with Gasteiger partial charge in [0.25, 0.3) is 0 Å². The molecule has 0 heterocycles. The van der Waals surface area contributed by atoms with Gasteiger partial charge in [-0.05, 0) is 113 Å². The van der Waals surface area contributed by atoms with Crippen LogP contribution in [0, 0.1) is 41.5 Å². The Balaban J connectivity index is 2.53. The molecular formula is C39H55N3Si. The highest BCUT2D eigenvalue weighted by Gasteiger charge is 2.54. The zero-order valence-electron chi connectivity index (χ0n) is 29.9. The van der Waals surface area contributed by atoms with E-state index in [4.69, 9.17) is 0 Å². The molecule has 3 nitrogen and oxygen atoms in total. The van der Waals surface area contributed by atoms with Crippen molar-refractivity contribution < 1.29 is 0 Å². The van der Waals surface area contributed by atoms with Crippen molar-refractivity contribution in [3.8, 4) is 0 Å². The normalized spacial score (nSPS) is 14.2. The fraction of sp³-hybridized carbons (Fsp3) is 0.436. The molecule has 0 unspecified atom stereocenters. The Bertz CT molecular complexity index is 1470. The fourth-order valence-electron chi connectivity index (χ4n) is 8.46. The molecule has 0 atom stereocenters. The average molecular weight is 594 g/mol. The Labute approximate surface area is 263 Å². The second kappa shape index (κ2) is 11.7. The Kier molecular flexibility index (Phi) is 8.88. The molecule has 0 aromatic heterocycles. The summed E-state index contributed by atoms with van der Waals surface area (Å²) < 4.78 is 0. The predicted molar refractivity (Wildman–Crippen MR) is 196 cm³/mol. The molecule has 230 valence electrons. The lowest BCUT2D eigenvalue weighted by Gasteiger charge is -2.46. The second-order valence-electron chi connectivity index (χ2n) is 14.0. The van der Waals surface area contributed by atoms with E-state index < -0.39 is 8.07 Å². The van der Waals surface area contributed by atoms with Gasteiger partial charge in [0.1, 0.15) is 0 Å². The van der Waals surface area contributed by atoms with E-state index >= 15 is 0 Å². The molecule has 0 N–H and O–H groups in total. The van der Waals surface area contributed by atoms with Crippen molar-refractivity contribution in [1.82, 2.24) is 0 Å². The van der Waals surface area contributed by atoms with Gasteiger partial charge in [-0.1, -0.05) is 64.2 Å². The smallest absolute Gasteiger partial charge is 0.167 e. The number of aryl methyl sites for hydroxylation is 6. The van der Waals surface area contributed by atoms with E-state index in [2.05, 4.69) is 163 Å². The Morgan fingerprint density at radius 2 is 0.674 bits per heavy atom. The summed E-state index contributed by atoms with van der Waals surface area (Å²) in [7, 11) is 10.5. The van der Waals surface area contributed by atoms with E-state index in [0.717, 1.165) is 0 Å². The van der Waals surface area contributed by atoms with Crippen molar-refractivity contribution in [1.29, 1.82) is 0 Å². The van der Waals surface area contributed by atoms with Gasteiger partial charge in [-0.25, -0.2) is 0 Å². The first-order chi connectivity index (χ1) is 20.0. The summed E-state index contributed by atoms with van der Waals surface area (Å²) in [4.78, 5) is 7.15. The van der Waals surface area contributed by atoms with Crippen molar-refractivity contribution in [3.63, 3.8) is 0 Å². The Morgan fingerprint density at radius 3 is 0.907 bits per heavy atom. The summed E-state index contributed by atoms with van der Waals surface area (Å²) in [5, 5.41) is 4.55. The zero-order chi connectivity index (χ0) is 32.3. The first-order valence-electron chi connectivity index (χ1n) is 15.7. The van der Waals surface area contributed by atoms with Crippen LogP contribution < -0.4 is 30.3 Å². The van der Waals surface area contributed by atoms with Gasteiger partial charge in [-0.3, -0.25) is 0 Å². The van der Waals surface area contributed by atoms with Gasteiger partial charge in [-0.2, -0.15) is 0 Å². The summed E-state index contributed by atoms with van der Waals surface area (Å²) in [6, 6.07) is 14.8. The number of hydrogen-bond donors (Lipinski definition) is 0. The summed E-state index contributed by atoms with van der Waals surface area (Å²) in [6.45, 7) is 23.3. The fourth-order valence-corrected chi connectivity index (χ4v) is 15.7. The maximum atomic E-state index is 2.56. The molecule has 0 fully saturated rings. The van der Waals surface area contributed by atoms with E-state index in [1.54, 1.807) is 0 Å². The van der Waals surface area contributed by atoms with Crippen LogP contribution in [-0.4, -0.2) is 50.4 Å². The van der Waals surface area contributed by atoms with E-state index in [0.29, 0.717) is 0 Å². The maximum absolute atomic E-state index is 2.95. The number of nitrogens with zero attached hydrogens (tertiary/aromatic N) is 3. The van der Waals surface area contributed by atoms with Crippen LogP contribution in [0.4, 0.5) is 17.1 Å². The molecule has 0 aliphatic heterocycles. The summed E-state index contributed by atoms with van der Waals surface area (Å²) in [5.74, 6) is 0. The van der Waals surface area contributed by atoms with Crippen molar-refractivity contribution in [2.45, 2.75) is 74.8 Å². The number of anilines is 3. The van der Waals surface area contributed by atoms with Gasteiger partial charge in [0, 0.05) is 64.9 Å². The highest BCUT2D eigenvalue weighted by atomic mass is 28.3. The first-order valence-corrected chi connectivity index (χ1v) is 17.8. The third kappa shape index (κ3) is 5.16. The van der Waals surface area contributed by atoms with Gasteiger partial charge in [0.15, 0.2) is 8.07 Å². The van der Waals surface area contributed by atoms with Crippen LogP contribution in [0.25, 0.3) is 0 Å². The van der Waals surface area contributed by atoms with Crippen LogP contribution in [0.3, 0.4) is 0 Å². The average Bonchev–Trinajstić information content (AvgIpc) is 3.05. The minimum Gasteiger partial charge on any atom is -0.378 e. The standard InChI is InChI=1S/C39H55N3Si/c1-23-17-26(4)36(40(11)12)33(20-23)43(39-31(9)29(7)30(8)32(39)10,34-21-24(2)18-27(5)37(34)41(13)14)35-22-25(3)19-28(6)38(35)42(15)16/h17-22,39H,1-16H3. The summed E-state index contributed by atoms with van der Waals surface area (Å²) in [6.07, 6.45) is 0. The lowest BCUT2D eigenvalue weighted by atomic mass is 10.1. The maximum Gasteiger partial charge on any atom is 0.167 e. The number of hydrogen-bond acceptors (Lipinski definition) is 3. The minimum atomic E-state index is -2.95. The van der Waals surface area contributed by atoms with Gasteiger partial charge in [-0.15, -0.1) is 0 Å². The predicted octanol–water partition coefficient (Wildman–Crippen LogP) is 7.26. The van der Waals surface area contributed by atoms with Crippen molar-refractivity contribution in [3.05, 3.63) is 92.1 Å². The molecule has 3 aromatic rings. The third-order valence-corrected chi connectivity index (χ3v) is 15.4. The quantitative estimate of drug-likeness (QED) is 0.211. The van der Waals surface area contributed by atoms with Crippen LogP contribution in [0.2, 0.25) is 5.54 Å². The van der Waals surface area contributed by atoms with Gasteiger partial charge >= 0.3 is 0 Å². The van der Waals surface area contributed by atoms with E-state index in [1.165, 1.54) is 88.3 Å². The Hall–Kier alpha value is -3.24. The van der Waals surface area contributed by atoms with Crippen molar-refractivity contribution in [2.75, 3.05) is 57.0 Å². The highest BCUT2D eigenvalue weighted by Crippen LogP contribution is 2.49. The Morgan fingerprint density at radius 1 is 0.419 bits per heavy atom. The van der Waals surface area contributed by atoms with Crippen LogP contribution in [0.15, 0.2) is 58.7 Å². The molecule has 0 saturated carbocycles. The van der Waals surface area contributed by atoms with Crippen LogP contribution in [0.5, 0.6) is 0 Å². The van der Waals surface area contributed by atoms with Crippen LogP contribution in [-0.2, 0) is 0 Å². The molecule has 4 heteroatoms. The topological polar surface area (TPSA) is 9.72 Å². The summed E-state index contributed by atoms with van der Waals surface area (Å²) in [5.41, 5.74) is 18.4. The molecule has 0 radical (unpaired) electrons. The molecule has 1 aliphatic rings. The first kappa shape index (κ1) is 32.7. The van der Waals surface area contributed by atoms with Crippen LogP contribution >= 0.6 is 0 Å². The SMILES string of the molecule is CC1=C(C)C([Si](c2cc(C)cc(C)c2N(C)C)(c2cc(C)cc(C)c2N(C)C)c2cc(C)cc(C)c2N(C)C)C(C)=C1C. The van der Waals surface area contributed by atoms with Crippen molar-refractivity contribution in [2.24, 2.45) is 0 Å². The molecular weight excluding hydrogens is 539 g/mol. The van der Waals surface area contributed by atoms with E-state index in [1.807, 2.05) is 0 Å². The number of rotatable bonds is 7. The van der Waals surface area contributed by atoms with Crippen LogP contribution in [0.1, 0.15) is 61.1 Å². The monoisotopic (exact) mass is 593 g/mol. The second-order valence-corrected chi connectivity index (χ2v) is 17.8. The minimum absolute atomic E-state index is 0.284. The molecule has 0 bridgehead atoms. The summed E-state index contributed by atoms with van der Waals surface area (Å²) >= 11 is 0. The molecule has 0 saturated heterocycles. The molecule has 3 aromatic carbocycles. The number of allylic oxidation sites excluding steroid dienone is 4. The molecule has 0 amide bonds. The lowest BCUT2D eigenvalue weighted by Crippen LogP contribution is -2.72. The molecule has 1 aliphatic carbocycles. The largest absolute Gasteiger partial charge is 0.378 e. The van der Waals surface area contributed by atoms with E-state index in [9.17, 15) is 0 Å². The van der Waals surface area contributed by atoms with Crippen molar-refractivity contribution >= 4 is 40.7 Å². The van der Waals surface area contributed by atoms with Gasteiger partial charge in [0.05, 0.1) is 0 Å². The lowest BCUT2D eigenvalue weighted by molar-refractivity contribution is 1.07.